The summed E-state index contributed by atoms with van der Waals surface area (Å²) in [6.07, 6.45) is 0. The first kappa shape index (κ1) is 13.5. The lowest BCUT2D eigenvalue weighted by molar-refractivity contribution is 0.0603. The highest BCUT2D eigenvalue weighted by Crippen LogP contribution is 2.21. The lowest BCUT2D eigenvalue weighted by Gasteiger charge is -2.14. The molecular weight excluding hydrogens is 244 g/mol. The fraction of sp³-hybridized carbons (Fsp3) is 0.429. The summed E-state index contributed by atoms with van der Waals surface area (Å²) < 4.78 is 10.4. The van der Waals surface area contributed by atoms with Crippen LogP contribution in [0.5, 0.6) is 0 Å². The Morgan fingerprint density at radius 3 is 2.74 bits per heavy atom. The van der Waals surface area contributed by atoms with Crippen LogP contribution in [0.2, 0.25) is 0 Å². The maximum Gasteiger partial charge on any atom is 0.340 e. The smallest absolute Gasteiger partial charge is 0.340 e. The van der Waals surface area contributed by atoms with Crippen LogP contribution in [0.15, 0.2) is 22.6 Å². The molecule has 5 nitrogen and oxygen atoms in total. The van der Waals surface area contributed by atoms with E-state index in [9.17, 15) is 4.79 Å². The molecule has 102 valence electrons. The van der Waals surface area contributed by atoms with Crippen molar-refractivity contribution in [3.63, 3.8) is 0 Å². The molecule has 0 amide bonds. The number of methoxy groups -OCH3 is 1. The molecule has 1 heterocycles. The van der Waals surface area contributed by atoms with Crippen LogP contribution in [0.3, 0.4) is 0 Å². The fourth-order valence-corrected chi connectivity index (χ4v) is 1.98. The normalized spacial score (nSPS) is 11.2. The average molecular weight is 262 g/mol. The summed E-state index contributed by atoms with van der Waals surface area (Å²) in [4.78, 5) is 18.3. The molecule has 0 bridgehead atoms. The Balaban J connectivity index is 2.37. The van der Waals surface area contributed by atoms with Gasteiger partial charge in [-0.15, -0.1) is 0 Å². The van der Waals surface area contributed by atoms with Crippen LogP contribution in [-0.4, -0.2) is 36.1 Å². The monoisotopic (exact) mass is 262 g/mol. The van der Waals surface area contributed by atoms with Gasteiger partial charge in [-0.1, -0.05) is 19.9 Å². The van der Waals surface area contributed by atoms with Gasteiger partial charge in [0.05, 0.1) is 19.2 Å². The molecule has 1 aromatic carbocycles. The molecular formula is C14H18N2O3. The van der Waals surface area contributed by atoms with Gasteiger partial charge in [-0.25, -0.2) is 9.78 Å². The highest BCUT2D eigenvalue weighted by atomic mass is 16.5. The number of hydrogen-bond donors (Lipinski definition) is 0. The van der Waals surface area contributed by atoms with Crippen molar-refractivity contribution in [3.05, 3.63) is 29.7 Å². The number of ether oxygens (including phenoxy) is 1. The second kappa shape index (κ2) is 5.84. The molecule has 0 aliphatic heterocycles. The summed E-state index contributed by atoms with van der Waals surface area (Å²) in [7, 11) is 1.36. The van der Waals surface area contributed by atoms with E-state index >= 15 is 0 Å². The van der Waals surface area contributed by atoms with E-state index in [2.05, 4.69) is 23.7 Å². The minimum absolute atomic E-state index is 0.395. The number of para-hydroxylation sites is 1. The lowest BCUT2D eigenvalue weighted by atomic mass is 10.2. The molecule has 0 saturated carbocycles. The Bertz CT molecular complexity index is 573. The summed E-state index contributed by atoms with van der Waals surface area (Å²) in [6, 6.07) is 5.26. The second-order valence-corrected chi connectivity index (χ2v) is 4.21. The molecule has 0 unspecified atom stereocenters. The van der Waals surface area contributed by atoms with Gasteiger partial charge in [0.2, 0.25) is 5.89 Å². The zero-order valence-corrected chi connectivity index (χ0v) is 11.5. The first-order valence-corrected chi connectivity index (χ1v) is 6.38. The molecule has 0 spiro atoms. The largest absolute Gasteiger partial charge is 0.465 e. The van der Waals surface area contributed by atoms with Gasteiger partial charge in [0.15, 0.2) is 5.58 Å². The van der Waals surface area contributed by atoms with Crippen LogP contribution in [0.25, 0.3) is 11.1 Å². The van der Waals surface area contributed by atoms with Crippen LogP contribution in [0, 0.1) is 0 Å². The van der Waals surface area contributed by atoms with Crippen LogP contribution in [0.1, 0.15) is 30.1 Å². The van der Waals surface area contributed by atoms with Crippen molar-refractivity contribution in [3.8, 4) is 0 Å². The van der Waals surface area contributed by atoms with Gasteiger partial charge in [-0.05, 0) is 25.2 Å². The van der Waals surface area contributed by atoms with Gasteiger partial charge < -0.3 is 9.15 Å². The van der Waals surface area contributed by atoms with Crippen LogP contribution >= 0.6 is 0 Å². The van der Waals surface area contributed by atoms with Gasteiger partial charge in [-0.3, -0.25) is 4.90 Å². The van der Waals surface area contributed by atoms with Gasteiger partial charge in [-0.2, -0.15) is 0 Å². The van der Waals surface area contributed by atoms with Gasteiger partial charge >= 0.3 is 5.97 Å². The number of benzene rings is 1. The summed E-state index contributed by atoms with van der Waals surface area (Å²) >= 11 is 0. The van der Waals surface area contributed by atoms with E-state index in [-0.39, 0.29) is 0 Å². The summed E-state index contributed by atoms with van der Waals surface area (Å²) in [5, 5.41) is 0. The summed E-state index contributed by atoms with van der Waals surface area (Å²) in [5.74, 6) is 0.225. The SMILES string of the molecule is CCN(CC)Cc1nc2c(C(=O)OC)cccc2o1. The third kappa shape index (κ3) is 2.76. The van der Waals surface area contributed by atoms with E-state index in [4.69, 9.17) is 9.15 Å². The molecule has 5 heteroatoms. The van der Waals surface area contributed by atoms with E-state index in [0.717, 1.165) is 13.1 Å². The number of carbonyl (C=O) groups excluding carboxylic acids is 1. The van der Waals surface area contributed by atoms with E-state index in [1.807, 2.05) is 0 Å². The van der Waals surface area contributed by atoms with E-state index < -0.39 is 5.97 Å². The number of oxazole rings is 1. The van der Waals surface area contributed by atoms with Gasteiger partial charge in [0.1, 0.15) is 5.52 Å². The minimum Gasteiger partial charge on any atom is -0.465 e. The zero-order chi connectivity index (χ0) is 13.8. The molecule has 1 aromatic heterocycles. The van der Waals surface area contributed by atoms with E-state index in [1.165, 1.54) is 7.11 Å². The number of aromatic nitrogens is 1. The summed E-state index contributed by atoms with van der Waals surface area (Å²) in [6.45, 7) is 6.68. The second-order valence-electron chi connectivity index (χ2n) is 4.21. The maximum atomic E-state index is 11.7. The predicted molar refractivity (Wildman–Crippen MR) is 72.0 cm³/mol. The Kier molecular flexibility index (Phi) is 4.16. The number of fused-ring (bicyclic) bond motifs is 1. The molecule has 0 radical (unpaired) electrons. The Labute approximate surface area is 112 Å². The molecule has 0 fully saturated rings. The first-order chi connectivity index (χ1) is 9.19. The van der Waals surface area contributed by atoms with Crippen molar-refractivity contribution in [2.75, 3.05) is 20.2 Å². The van der Waals surface area contributed by atoms with Crippen molar-refractivity contribution < 1.29 is 13.9 Å². The van der Waals surface area contributed by atoms with Crippen molar-refractivity contribution in [2.45, 2.75) is 20.4 Å². The molecule has 2 rings (SSSR count). The van der Waals surface area contributed by atoms with Crippen molar-refractivity contribution >= 4 is 17.1 Å². The van der Waals surface area contributed by atoms with Crippen molar-refractivity contribution in [2.24, 2.45) is 0 Å². The first-order valence-electron chi connectivity index (χ1n) is 6.38. The lowest BCUT2D eigenvalue weighted by Crippen LogP contribution is -2.22. The number of nitrogens with zero attached hydrogens (tertiary/aromatic N) is 2. The number of carbonyl (C=O) groups is 1. The quantitative estimate of drug-likeness (QED) is 0.775. The molecule has 0 saturated heterocycles. The third-order valence-corrected chi connectivity index (χ3v) is 3.12. The maximum absolute atomic E-state index is 11.7. The Hall–Kier alpha value is -1.88. The fourth-order valence-electron chi connectivity index (χ4n) is 1.98. The highest BCUT2D eigenvalue weighted by Gasteiger charge is 2.16. The van der Waals surface area contributed by atoms with E-state index in [0.29, 0.717) is 29.1 Å². The predicted octanol–water partition coefficient (Wildman–Crippen LogP) is 2.46. The number of rotatable bonds is 5. The van der Waals surface area contributed by atoms with Crippen LogP contribution < -0.4 is 0 Å². The Morgan fingerprint density at radius 2 is 2.11 bits per heavy atom. The number of hydrogen-bond acceptors (Lipinski definition) is 5. The zero-order valence-electron chi connectivity index (χ0n) is 11.5. The molecule has 0 aliphatic carbocycles. The van der Waals surface area contributed by atoms with E-state index in [1.54, 1.807) is 18.2 Å². The molecule has 0 atom stereocenters. The average Bonchev–Trinajstić information content (AvgIpc) is 2.86. The Morgan fingerprint density at radius 1 is 1.37 bits per heavy atom. The summed E-state index contributed by atoms with van der Waals surface area (Å²) in [5.41, 5.74) is 1.62. The number of esters is 1. The molecule has 2 aromatic rings. The van der Waals surface area contributed by atoms with Gasteiger partial charge in [0.25, 0.3) is 0 Å². The highest BCUT2D eigenvalue weighted by molar-refractivity contribution is 6.01. The van der Waals surface area contributed by atoms with Crippen molar-refractivity contribution in [1.82, 2.24) is 9.88 Å². The molecule has 19 heavy (non-hydrogen) atoms. The standard InChI is InChI=1S/C14H18N2O3/c1-4-16(5-2)9-12-15-13-10(14(17)18-3)7-6-8-11(13)19-12/h6-8H,4-5,9H2,1-3H3. The molecule has 0 aliphatic rings. The topological polar surface area (TPSA) is 55.6 Å². The molecule has 0 N–H and O–H groups in total. The minimum atomic E-state index is -0.395. The van der Waals surface area contributed by atoms with Crippen LogP contribution in [0.4, 0.5) is 0 Å². The van der Waals surface area contributed by atoms with Crippen molar-refractivity contribution in [1.29, 1.82) is 0 Å². The third-order valence-electron chi connectivity index (χ3n) is 3.12. The van der Waals surface area contributed by atoms with Gasteiger partial charge in [0, 0.05) is 0 Å². The van der Waals surface area contributed by atoms with Crippen LogP contribution in [-0.2, 0) is 11.3 Å².